The number of carbonyl (C=O) groups excluding carboxylic acids is 1. The van der Waals surface area contributed by atoms with Crippen molar-refractivity contribution in [1.82, 2.24) is 15.1 Å². The minimum absolute atomic E-state index is 0.280. The smallest absolute Gasteiger partial charge is 0.276 e. The largest absolute Gasteiger partial charge is 0.353 e. The zero-order valence-electron chi connectivity index (χ0n) is 13.8. The topological polar surface area (TPSA) is 61.4 Å². The fourth-order valence-corrected chi connectivity index (χ4v) is 2.83. The second-order valence-corrected chi connectivity index (χ2v) is 6.42. The van der Waals surface area contributed by atoms with Gasteiger partial charge in [-0.25, -0.2) is 0 Å². The summed E-state index contributed by atoms with van der Waals surface area (Å²) in [4.78, 5) is 16.8. The monoisotopic (exact) mass is 345 g/mol. The summed E-state index contributed by atoms with van der Waals surface area (Å²) < 4.78 is 0. The molecule has 1 fully saturated rings. The first-order valence-corrected chi connectivity index (χ1v) is 8.25. The predicted octanol–water partition coefficient (Wildman–Crippen LogP) is 2.44. The van der Waals surface area contributed by atoms with Gasteiger partial charge in [-0.3, -0.25) is 4.79 Å². The third-order valence-electron chi connectivity index (χ3n) is 4.15. The molecule has 1 amide bonds. The van der Waals surface area contributed by atoms with E-state index in [4.69, 9.17) is 11.6 Å². The van der Waals surface area contributed by atoms with Crippen molar-refractivity contribution in [3.05, 3.63) is 46.6 Å². The number of aromatic nitrogens is 2. The van der Waals surface area contributed by atoms with Gasteiger partial charge in [-0.15, -0.1) is 10.2 Å². The van der Waals surface area contributed by atoms with E-state index in [2.05, 4.69) is 32.4 Å². The molecule has 1 saturated heterocycles. The lowest BCUT2D eigenvalue weighted by Gasteiger charge is -2.32. The van der Waals surface area contributed by atoms with E-state index in [-0.39, 0.29) is 5.91 Å². The van der Waals surface area contributed by atoms with Gasteiger partial charge in [0.25, 0.3) is 5.91 Å². The van der Waals surface area contributed by atoms with Crippen LogP contribution in [-0.4, -0.2) is 54.2 Å². The lowest BCUT2D eigenvalue weighted by molar-refractivity contribution is 0.102. The number of halogens is 1. The van der Waals surface area contributed by atoms with Crippen LogP contribution < -0.4 is 10.2 Å². The maximum Gasteiger partial charge on any atom is 0.276 e. The summed E-state index contributed by atoms with van der Waals surface area (Å²) in [7, 11) is 2.11. The highest BCUT2D eigenvalue weighted by atomic mass is 35.5. The summed E-state index contributed by atoms with van der Waals surface area (Å²) in [6.07, 6.45) is 0. The molecule has 6 nitrogen and oxygen atoms in total. The zero-order chi connectivity index (χ0) is 17.1. The van der Waals surface area contributed by atoms with Gasteiger partial charge < -0.3 is 15.1 Å². The van der Waals surface area contributed by atoms with Crippen LogP contribution in [0.5, 0.6) is 0 Å². The number of hydrogen-bond acceptors (Lipinski definition) is 5. The highest BCUT2D eigenvalue weighted by Gasteiger charge is 2.17. The molecule has 0 unspecified atom stereocenters. The Kier molecular flexibility index (Phi) is 4.97. The van der Waals surface area contributed by atoms with Gasteiger partial charge in [0, 0.05) is 36.9 Å². The van der Waals surface area contributed by atoms with Crippen molar-refractivity contribution in [2.24, 2.45) is 0 Å². The fraction of sp³-hybridized carbons (Fsp3) is 0.353. The summed E-state index contributed by atoms with van der Waals surface area (Å²) >= 11 is 5.93. The number of nitrogens with one attached hydrogen (secondary N) is 1. The van der Waals surface area contributed by atoms with E-state index in [0.29, 0.717) is 16.4 Å². The standard InChI is InChI=1S/C17H20ClN5O/c1-12-11-13(18)3-4-14(12)19-17(24)15-5-6-16(21-20-15)23-9-7-22(2)8-10-23/h3-6,11H,7-10H2,1-2H3,(H,19,24). The maximum absolute atomic E-state index is 12.3. The minimum Gasteiger partial charge on any atom is -0.353 e. The summed E-state index contributed by atoms with van der Waals surface area (Å²) in [6, 6.07) is 8.89. The van der Waals surface area contributed by atoms with Crippen molar-refractivity contribution in [2.75, 3.05) is 43.4 Å². The minimum atomic E-state index is -0.280. The fourth-order valence-electron chi connectivity index (χ4n) is 2.60. The van der Waals surface area contributed by atoms with Crippen molar-refractivity contribution in [1.29, 1.82) is 0 Å². The molecule has 1 aromatic heterocycles. The quantitative estimate of drug-likeness (QED) is 0.925. The number of piperazine rings is 1. The van der Waals surface area contributed by atoms with Crippen LogP contribution >= 0.6 is 11.6 Å². The number of nitrogens with zero attached hydrogens (tertiary/aromatic N) is 4. The summed E-state index contributed by atoms with van der Waals surface area (Å²) in [6.45, 7) is 5.73. The number of amides is 1. The van der Waals surface area contributed by atoms with E-state index >= 15 is 0 Å². The summed E-state index contributed by atoms with van der Waals surface area (Å²) in [5, 5.41) is 11.8. The van der Waals surface area contributed by atoms with E-state index in [9.17, 15) is 4.79 Å². The Labute approximate surface area is 146 Å². The molecular formula is C17H20ClN5O. The maximum atomic E-state index is 12.3. The third-order valence-corrected chi connectivity index (χ3v) is 4.38. The van der Waals surface area contributed by atoms with Gasteiger partial charge >= 0.3 is 0 Å². The van der Waals surface area contributed by atoms with Crippen molar-refractivity contribution < 1.29 is 4.79 Å². The molecule has 1 aromatic carbocycles. The molecule has 126 valence electrons. The van der Waals surface area contributed by atoms with Gasteiger partial charge in [0.2, 0.25) is 0 Å². The molecular weight excluding hydrogens is 326 g/mol. The normalized spacial score (nSPS) is 15.4. The van der Waals surface area contributed by atoms with E-state index in [1.165, 1.54) is 0 Å². The molecule has 1 N–H and O–H groups in total. The molecule has 3 rings (SSSR count). The Morgan fingerprint density at radius 2 is 1.88 bits per heavy atom. The van der Waals surface area contributed by atoms with Crippen LogP contribution in [0.4, 0.5) is 11.5 Å². The Morgan fingerprint density at radius 3 is 2.50 bits per heavy atom. The van der Waals surface area contributed by atoms with Crippen LogP contribution in [0.2, 0.25) is 5.02 Å². The lowest BCUT2D eigenvalue weighted by atomic mass is 10.2. The van der Waals surface area contributed by atoms with Crippen LogP contribution in [-0.2, 0) is 0 Å². The zero-order valence-corrected chi connectivity index (χ0v) is 14.5. The summed E-state index contributed by atoms with van der Waals surface area (Å²) in [5.74, 6) is 0.528. The molecule has 7 heteroatoms. The molecule has 0 spiro atoms. The molecule has 0 aliphatic carbocycles. The Morgan fingerprint density at radius 1 is 1.12 bits per heavy atom. The Hall–Kier alpha value is -2.18. The van der Waals surface area contributed by atoms with E-state index in [1.54, 1.807) is 24.3 Å². The van der Waals surface area contributed by atoms with E-state index in [0.717, 1.165) is 37.6 Å². The van der Waals surface area contributed by atoms with Crippen LogP contribution in [0.15, 0.2) is 30.3 Å². The van der Waals surface area contributed by atoms with Crippen LogP contribution in [0.25, 0.3) is 0 Å². The number of likely N-dealkylation sites (N-methyl/N-ethyl adjacent to an activating group) is 1. The van der Waals surface area contributed by atoms with Gasteiger partial charge in [0.05, 0.1) is 0 Å². The van der Waals surface area contributed by atoms with E-state index < -0.39 is 0 Å². The molecule has 2 aromatic rings. The van der Waals surface area contributed by atoms with Crippen molar-refractivity contribution >= 4 is 29.0 Å². The second kappa shape index (κ2) is 7.15. The third kappa shape index (κ3) is 3.83. The molecule has 0 atom stereocenters. The van der Waals surface area contributed by atoms with Crippen LogP contribution in [0.1, 0.15) is 16.1 Å². The highest BCUT2D eigenvalue weighted by molar-refractivity contribution is 6.30. The molecule has 1 aliphatic heterocycles. The molecule has 0 radical (unpaired) electrons. The van der Waals surface area contributed by atoms with Gasteiger partial charge in [0.15, 0.2) is 11.5 Å². The number of aryl methyl sites for hydroxylation is 1. The van der Waals surface area contributed by atoms with E-state index in [1.807, 2.05) is 13.0 Å². The molecule has 0 bridgehead atoms. The Bertz CT molecular complexity index is 726. The average molecular weight is 346 g/mol. The predicted molar refractivity (Wildman–Crippen MR) is 95.9 cm³/mol. The molecule has 2 heterocycles. The first kappa shape index (κ1) is 16.7. The van der Waals surface area contributed by atoms with Crippen LogP contribution in [0, 0.1) is 6.92 Å². The van der Waals surface area contributed by atoms with Gasteiger partial charge in [0.1, 0.15) is 0 Å². The number of carbonyl (C=O) groups is 1. The second-order valence-electron chi connectivity index (χ2n) is 5.98. The number of hydrogen-bond donors (Lipinski definition) is 1. The lowest BCUT2D eigenvalue weighted by Crippen LogP contribution is -2.44. The molecule has 0 saturated carbocycles. The first-order chi connectivity index (χ1) is 11.5. The van der Waals surface area contributed by atoms with Crippen molar-refractivity contribution in [2.45, 2.75) is 6.92 Å². The van der Waals surface area contributed by atoms with Gasteiger partial charge in [-0.1, -0.05) is 11.6 Å². The van der Waals surface area contributed by atoms with Gasteiger partial charge in [-0.2, -0.15) is 0 Å². The SMILES string of the molecule is Cc1cc(Cl)ccc1NC(=O)c1ccc(N2CCN(C)CC2)nn1. The van der Waals surface area contributed by atoms with Crippen molar-refractivity contribution in [3.8, 4) is 0 Å². The summed E-state index contributed by atoms with van der Waals surface area (Å²) in [5.41, 5.74) is 1.91. The number of rotatable bonds is 3. The van der Waals surface area contributed by atoms with Crippen molar-refractivity contribution in [3.63, 3.8) is 0 Å². The first-order valence-electron chi connectivity index (χ1n) is 7.87. The number of benzene rings is 1. The highest BCUT2D eigenvalue weighted by Crippen LogP contribution is 2.20. The number of anilines is 2. The van der Waals surface area contributed by atoms with Gasteiger partial charge in [-0.05, 0) is 49.9 Å². The Balaban J connectivity index is 1.67. The average Bonchev–Trinajstić information content (AvgIpc) is 2.58. The molecule has 24 heavy (non-hydrogen) atoms. The molecule has 1 aliphatic rings. The van der Waals surface area contributed by atoms with Crippen LogP contribution in [0.3, 0.4) is 0 Å².